The normalized spacial score (nSPS) is 24.9. The van der Waals surface area contributed by atoms with Gasteiger partial charge in [0.25, 0.3) is 0 Å². The van der Waals surface area contributed by atoms with Gasteiger partial charge in [-0.3, -0.25) is 24.0 Å². The molecule has 2 aliphatic rings. The van der Waals surface area contributed by atoms with Crippen LogP contribution in [0.3, 0.4) is 0 Å². The lowest BCUT2D eigenvalue weighted by atomic mass is 9.76. The van der Waals surface area contributed by atoms with Crippen LogP contribution in [0.2, 0.25) is 0 Å². The summed E-state index contributed by atoms with van der Waals surface area (Å²) in [5, 5.41) is 3.34. The number of ether oxygens (including phenoxy) is 5. The maximum atomic E-state index is 13.5. The van der Waals surface area contributed by atoms with Crippen molar-refractivity contribution in [3.05, 3.63) is 40.0 Å². The van der Waals surface area contributed by atoms with Gasteiger partial charge < -0.3 is 29.0 Å². The van der Waals surface area contributed by atoms with Crippen LogP contribution < -0.4 is 5.32 Å². The van der Waals surface area contributed by atoms with Crippen molar-refractivity contribution in [3.8, 4) is 0 Å². The van der Waals surface area contributed by atoms with Crippen molar-refractivity contribution >= 4 is 79.5 Å². The van der Waals surface area contributed by atoms with Gasteiger partial charge in [0.05, 0.1) is 9.77 Å². The second-order valence-electron chi connectivity index (χ2n) is 10.9. The molecule has 0 radical (unpaired) electrons. The quantitative estimate of drug-likeness (QED) is 0.217. The summed E-state index contributed by atoms with van der Waals surface area (Å²) in [6.07, 6.45) is -4.30. The second kappa shape index (κ2) is 14.8. The van der Waals surface area contributed by atoms with E-state index in [0.29, 0.717) is 12.1 Å². The zero-order valence-corrected chi connectivity index (χ0v) is 27.8. The van der Waals surface area contributed by atoms with Gasteiger partial charge in [-0.05, 0) is 36.1 Å². The number of carbonyl (C=O) groups is 5. The molecule has 14 heteroatoms. The third-order valence-corrected chi connectivity index (χ3v) is 8.44. The van der Waals surface area contributed by atoms with Crippen LogP contribution in [-0.4, -0.2) is 70.3 Å². The minimum atomic E-state index is -1.34. The van der Waals surface area contributed by atoms with E-state index in [1.54, 1.807) is 0 Å². The minimum Gasteiger partial charge on any atom is -0.463 e. The number of allylic oxidation sites excluding steroid dienone is 1. The molecule has 1 aliphatic carbocycles. The van der Waals surface area contributed by atoms with Gasteiger partial charge in [0.2, 0.25) is 0 Å². The highest BCUT2D eigenvalue weighted by Gasteiger charge is 2.53. The van der Waals surface area contributed by atoms with E-state index >= 15 is 0 Å². The summed E-state index contributed by atoms with van der Waals surface area (Å²) in [7, 11) is 0. The Balaban J connectivity index is 2.04. The van der Waals surface area contributed by atoms with Crippen LogP contribution in [0.15, 0.2) is 40.0 Å². The Morgan fingerprint density at radius 2 is 1.49 bits per heavy atom. The molecule has 0 saturated carbocycles. The highest BCUT2D eigenvalue weighted by Crippen LogP contribution is 2.42. The third kappa shape index (κ3) is 9.85. The zero-order chi connectivity index (χ0) is 32.1. The Morgan fingerprint density at radius 1 is 0.930 bits per heavy atom. The Hall–Kier alpha value is -2.81. The molecule has 234 valence electrons. The standard InChI is InChI=1S/C29H34BrNO10S2/c1-14(32)37-13-22-24(38-15(2)33)25(39-16(3)34)26(40-17(4)35)27(41-22)43-28(42)23-20(11-29(5,6)12-21(23)36)31-19-9-7-18(30)8-10-19/h7-10,22,24-27,31H,11-13H2,1-6H3/t22-,24-,25+,26-,27+/m1/s1. The van der Waals surface area contributed by atoms with Crippen LogP contribution >= 0.6 is 39.9 Å². The van der Waals surface area contributed by atoms with Crippen molar-refractivity contribution in [1.82, 2.24) is 0 Å². The Morgan fingerprint density at radius 3 is 2.05 bits per heavy atom. The molecule has 1 saturated heterocycles. The second-order valence-corrected chi connectivity index (χ2v) is 13.6. The van der Waals surface area contributed by atoms with Crippen LogP contribution in [0.5, 0.6) is 0 Å². The van der Waals surface area contributed by atoms with Gasteiger partial charge in [0.15, 0.2) is 24.1 Å². The van der Waals surface area contributed by atoms with Crippen LogP contribution in [0.25, 0.3) is 0 Å². The SMILES string of the molecule is CC(=O)OC[C@H]1O[C@@H](SC(=S)C2=C(Nc3ccc(Br)cc3)CC(C)(C)CC2=O)[C@H](OC(C)=O)[C@@H](OC(C)=O)[C@@H]1OC(C)=O. The van der Waals surface area contributed by atoms with E-state index in [4.69, 9.17) is 35.9 Å². The van der Waals surface area contributed by atoms with Gasteiger partial charge in [-0.15, -0.1) is 0 Å². The summed E-state index contributed by atoms with van der Waals surface area (Å²) < 4.78 is 28.8. The highest BCUT2D eigenvalue weighted by molar-refractivity contribution is 9.10. The number of hydrogen-bond acceptors (Lipinski definition) is 13. The van der Waals surface area contributed by atoms with Gasteiger partial charge in [-0.25, -0.2) is 0 Å². The number of benzene rings is 1. The summed E-state index contributed by atoms with van der Waals surface area (Å²) in [5.41, 5.74) is 0.174. The topological polar surface area (TPSA) is 144 Å². The highest BCUT2D eigenvalue weighted by atomic mass is 79.9. The predicted octanol–water partition coefficient (Wildman–Crippen LogP) is 4.65. The van der Waals surface area contributed by atoms with E-state index < -0.39 is 53.7 Å². The molecule has 1 heterocycles. The maximum absolute atomic E-state index is 13.5. The fourth-order valence-electron chi connectivity index (χ4n) is 4.82. The van der Waals surface area contributed by atoms with Gasteiger partial charge in [-0.1, -0.05) is 53.8 Å². The van der Waals surface area contributed by atoms with E-state index in [2.05, 4.69) is 21.2 Å². The van der Waals surface area contributed by atoms with Gasteiger partial charge in [0.1, 0.15) is 18.1 Å². The van der Waals surface area contributed by atoms with Crippen LogP contribution in [0, 0.1) is 5.41 Å². The summed E-state index contributed by atoms with van der Waals surface area (Å²) >= 11 is 10.1. The number of Topliss-reactive ketones (excluding diaryl/α,β-unsaturated/α-hetero) is 1. The molecule has 0 aromatic heterocycles. The number of halogens is 1. The lowest BCUT2D eigenvalue weighted by molar-refractivity contribution is -0.237. The van der Waals surface area contributed by atoms with Crippen molar-refractivity contribution in [3.63, 3.8) is 0 Å². The Labute approximate surface area is 267 Å². The van der Waals surface area contributed by atoms with E-state index in [0.717, 1.165) is 42.7 Å². The molecule has 1 N–H and O–H groups in total. The van der Waals surface area contributed by atoms with Gasteiger partial charge in [-0.2, -0.15) is 0 Å². The zero-order valence-electron chi connectivity index (χ0n) is 24.6. The molecule has 1 aliphatic heterocycles. The van der Waals surface area contributed by atoms with Crippen molar-refractivity contribution in [2.24, 2.45) is 5.41 Å². The maximum Gasteiger partial charge on any atom is 0.303 e. The summed E-state index contributed by atoms with van der Waals surface area (Å²) in [4.78, 5) is 61.5. The number of hydrogen-bond donors (Lipinski definition) is 1. The first-order chi connectivity index (χ1) is 20.1. The number of carbonyl (C=O) groups excluding carboxylic acids is 5. The molecule has 0 unspecified atom stereocenters. The molecule has 5 atom stereocenters. The van der Waals surface area contributed by atoms with Crippen molar-refractivity contribution < 1.29 is 47.7 Å². The fraction of sp³-hybridized carbons (Fsp3) is 0.517. The van der Waals surface area contributed by atoms with E-state index in [1.165, 1.54) is 6.92 Å². The Bertz CT molecular complexity index is 1310. The molecule has 3 rings (SSSR count). The van der Waals surface area contributed by atoms with E-state index in [1.807, 2.05) is 38.1 Å². The average molecular weight is 701 g/mol. The number of thiocarbonyl (C=S) groups is 1. The van der Waals surface area contributed by atoms with Crippen LogP contribution in [0.4, 0.5) is 5.69 Å². The molecular formula is C29H34BrNO10S2. The van der Waals surface area contributed by atoms with Crippen LogP contribution in [0.1, 0.15) is 54.4 Å². The van der Waals surface area contributed by atoms with Gasteiger partial charge in [0, 0.05) is 50.0 Å². The first-order valence-electron chi connectivity index (χ1n) is 13.4. The predicted molar refractivity (Wildman–Crippen MR) is 165 cm³/mol. The van der Waals surface area contributed by atoms with Crippen LogP contribution in [-0.2, 0) is 47.7 Å². The largest absolute Gasteiger partial charge is 0.463 e. The summed E-state index contributed by atoms with van der Waals surface area (Å²) in [5.74, 6) is -3.01. The summed E-state index contributed by atoms with van der Waals surface area (Å²) in [6, 6.07) is 7.44. The first-order valence-corrected chi connectivity index (χ1v) is 15.4. The third-order valence-electron chi connectivity index (χ3n) is 6.39. The Kier molecular flexibility index (Phi) is 11.9. The number of thioether (sulfide) groups is 1. The monoisotopic (exact) mass is 699 g/mol. The van der Waals surface area contributed by atoms with Crippen molar-refractivity contribution in [2.75, 3.05) is 11.9 Å². The number of nitrogens with one attached hydrogen (secondary N) is 1. The first kappa shape index (κ1) is 34.7. The molecule has 0 spiro atoms. The lowest BCUT2D eigenvalue weighted by Crippen LogP contribution is -2.61. The molecular weight excluding hydrogens is 666 g/mol. The van der Waals surface area contributed by atoms with E-state index in [9.17, 15) is 24.0 Å². The number of ketones is 1. The molecule has 0 bridgehead atoms. The summed E-state index contributed by atoms with van der Waals surface area (Å²) in [6.45, 7) is 8.25. The van der Waals surface area contributed by atoms with E-state index in [-0.39, 0.29) is 34.0 Å². The molecule has 11 nitrogen and oxygen atoms in total. The number of esters is 4. The molecule has 1 fully saturated rings. The molecule has 1 aromatic carbocycles. The number of rotatable bonds is 9. The molecule has 1 aromatic rings. The fourth-order valence-corrected chi connectivity index (χ4v) is 6.71. The van der Waals surface area contributed by atoms with Crippen molar-refractivity contribution in [2.45, 2.75) is 84.2 Å². The van der Waals surface area contributed by atoms with Gasteiger partial charge >= 0.3 is 23.9 Å². The molecule has 0 amide bonds. The minimum absolute atomic E-state index is 0.154. The average Bonchev–Trinajstić information content (AvgIpc) is 2.86. The molecule has 43 heavy (non-hydrogen) atoms. The van der Waals surface area contributed by atoms with Crippen molar-refractivity contribution in [1.29, 1.82) is 0 Å². The smallest absolute Gasteiger partial charge is 0.303 e. The lowest BCUT2D eigenvalue weighted by Gasteiger charge is -2.44. The number of anilines is 1.